The van der Waals surface area contributed by atoms with Gasteiger partial charge in [0.25, 0.3) is 10.0 Å². The fourth-order valence-electron chi connectivity index (χ4n) is 2.27. The minimum absolute atomic E-state index is 0.178. The van der Waals surface area contributed by atoms with Crippen LogP contribution in [0.15, 0.2) is 34.3 Å². The minimum Gasteiger partial charge on any atom is -0.475 e. The van der Waals surface area contributed by atoms with Crippen molar-refractivity contribution in [1.82, 2.24) is 9.62 Å². The zero-order chi connectivity index (χ0) is 16.3. The Bertz CT molecular complexity index is 693. The molecule has 1 atom stereocenters. The molecule has 120 valence electrons. The third-order valence-electron chi connectivity index (χ3n) is 3.28. The van der Waals surface area contributed by atoms with E-state index in [1.165, 1.54) is 6.08 Å². The first-order chi connectivity index (χ1) is 10.4. The number of sulfonamides is 1. The number of hydrogen-bond donors (Lipinski definition) is 2. The zero-order valence-corrected chi connectivity index (χ0v) is 12.5. The van der Waals surface area contributed by atoms with Crippen LogP contribution in [0.5, 0.6) is 0 Å². The molecule has 1 aromatic rings. The Balaban J connectivity index is 2.25. The first-order valence-corrected chi connectivity index (χ1v) is 8.05. The van der Waals surface area contributed by atoms with Crippen LogP contribution >= 0.6 is 0 Å². The molecule has 1 fully saturated rings. The molecule has 22 heavy (non-hydrogen) atoms. The number of carboxylic acids is 1. The maximum absolute atomic E-state index is 12.5. The van der Waals surface area contributed by atoms with Gasteiger partial charge in [0.15, 0.2) is 0 Å². The number of amides is 1. The molecule has 8 nitrogen and oxygen atoms in total. The lowest BCUT2D eigenvalue weighted by Gasteiger charge is -2.21. The molecule has 1 aliphatic rings. The Kier molecular flexibility index (Phi) is 4.67. The van der Waals surface area contributed by atoms with Crippen LogP contribution in [-0.2, 0) is 14.8 Å². The van der Waals surface area contributed by atoms with Crippen LogP contribution in [0.3, 0.4) is 0 Å². The van der Waals surface area contributed by atoms with Crippen LogP contribution < -0.4 is 5.32 Å². The van der Waals surface area contributed by atoms with Crippen molar-refractivity contribution >= 4 is 21.9 Å². The van der Waals surface area contributed by atoms with E-state index in [0.717, 1.165) is 16.4 Å². The van der Waals surface area contributed by atoms with Crippen molar-refractivity contribution in [1.29, 1.82) is 0 Å². The molecule has 1 unspecified atom stereocenters. The van der Waals surface area contributed by atoms with E-state index in [9.17, 15) is 18.0 Å². The van der Waals surface area contributed by atoms with E-state index in [4.69, 9.17) is 9.52 Å². The topological polar surface area (TPSA) is 117 Å². The van der Waals surface area contributed by atoms with Gasteiger partial charge < -0.3 is 14.8 Å². The molecule has 0 radical (unpaired) electrons. The summed E-state index contributed by atoms with van der Waals surface area (Å²) in [5.74, 6) is -2.24. The van der Waals surface area contributed by atoms with Gasteiger partial charge in [0.2, 0.25) is 16.8 Å². The van der Waals surface area contributed by atoms with Gasteiger partial charge >= 0.3 is 5.97 Å². The van der Waals surface area contributed by atoms with E-state index < -0.39 is 38.8 Å². The lowest BCUT2D eigenvalue weighted by atomic mass is 10.2. The average Bonchev–Trinajstić information content (AvgIpc) is 3.13. The van der Waals surface area contributed by atoms with Crippen LogP contribution in [0.25, 0.3) is 0 Å². The summed E-state index contributed by atoms with van der Waals surface area (Å²) in [5, 5.41) is 10.9. The molecule has 1 aliphatic heterocycles. The Morgan fingerprint density at radius 2 is 2.23 bits per heavy atom. The van der Waals surface area contributed by atoms with Crippen molar-refractivity contribution in [2.24, 2.45) is 0 Å². The lowest BCUT2D eigenvalue weighted by molar-refractivity contribution is -0.123. The highest BCUT2D eigenvalue weighted by Gasteiger charge is 2.40. The molecule has 9 heteroatoms. The number of nitrogens with zero attached hydrogens (tertiary/aromatic N) is 1. The van der Waals surface area contributed by atoms with Crippen molar-refractivity contribution < 1.29 is 27.5 Å². The molecular formula is C13H16N2O6S. The van der Waals surface area contributed by atoms with Crippen LogP contribution in [0.2, 0.25) is 0 Å². The smallest absolute Gasteiger partial charge is 0.371 e. The third-order valence-corrected chi connectivity index (χ3v) is 5.06. The number of nitrogens with one attached hydrogen (secondary N) is 1. The number of carboxylic acid groups (broad SMARTS) is 1. The van der Waals surface area contributed by atoms with Gasteiger partial charge in [-0.15, -0.1) is 6.58 Å². The molecule has 1 saturated heterocycles. The number of carbonyl (C=O) groups excluding carboxylic acids is 1. The number of rotatable bonds is 6. The fourth-order valence-corrected chi connectivity index (χ4v) is 3.84. The Labute approximate surface area is 127 Å². The van der Waals surface area contributed by atoms with Crippen molar-refractivity contribution in [3.63, 3.8) is 0 Å². The second-order valence-electron chi connectivity index (χ2n) is 4.73. The largest absolute Gasteiger partial charge is 0.475 e. The Hall–Kier alpha value is -2.13. The fraction of sp³-hybridized carbons (Fsp3) is 0.385. The quantitative estimate of drug-likeness (QED) is 0.732. The normalized spacial score (nSPS) is 19.0. The molecule has 1 amide bonds. The van der Waals surface area contributed by atoms with Gasteiger partial charge in [-0.25, -0.2) is 13.2 Å². The third kappa shape index (κ3) is 3.04. The summed E-state index contributed by atoms with van der Waals surface area (Å²) in [7, 11) is -4.05. The second kappa shape index (κ2) is 6.32. The van der Waals surface area contributed by atoms with Crippen LogP contribution in [0.1, 0.15) is 23.4 Å². The molecule has 2 N–H and O–H groups in total. The van der Waals surface area contributed by atoms with Gasteiger partial charge in [0, 0.05) is 13.1 Å². The van der Waals surface area contributed by atoms with E-state index in [2.05, 4.69) is 11.9 Å². The second-order valence-corrected chi connectivity index (χ2v) is 6.55. The summed E-state index contributed by atoms with van der Waals surface area (Å²) in [6, 6.07) is 1.32. The molecule has 0 bridgehead atoms. The van der Waals surface area contributed by atoms with Crippen molar-refractivity contribution in [3.8, 4) is 0 Å². The van der Waals surface area contributed by atoms with Gasteiger partial charge in [-0.3, -0.25) is 4.79 Å². The summed E-state index contributed by atoms with van der Waals surface area (Å²) in [6.45, 7) is 3.90. The van der Waals surface area contributed by atoms with Gasteiger partial charge in [-0.05, 0) is 25.0 Å². The minimum atomic E-state index is -4.05. The highest BCUT2D eigenvalue weighted by atomic mass is 32.2. The van der Waals surface area contributed by atoms with Crippen molar-refractivity contribution in [2.45, 2.75) is 24.0 Å². The molecule has 0 aliphatic carbocycles. The molecule has 2 rings (SSSR count). The molecule has 2 heterocycles. The Morgan fingerprint density at radius 3 is 2.82 bits per heavy atom. The van der Waals surface area contributed by atoms with E-state index in [-0.39, 0.29) is 13.1 Å². The van der Waals surface area contributed by atoms with Gasteiger partial charge in [0.05, 0.1) is 0 Å². The van der Waals surface area contributed by atoms with Gasteiger partial charge in [0.1, 0.15) is 6.04 Å². The monoisotopic (exact) mass is 328 g/mol. The summed E-state index contributed by atoms with van der Waals surface area (Å²) in [5.41, 5.74) is 0. The highest BCUT2D eigenvalue weighted by Crippen LogP contribution is 2.27. The number of hydrogen-bond acceptors (Lipinski definition) is 5. The number of carbonyl (C=O) groups is 2. The van der Waals surface area contributed by atoms with Gasteiger partial charge in [-0.1, -0.05) is 6.08 Å². The van der Waals surface area contributed by atoms with E-state index in [0.29, 0.717) is 12.8 Å². The summed E-state index contributed by atoms with van der Waals surface area (Å²) < 4.78 is 30.9. The first-order valence-electron chi connectivity index (χ1n) is 6.61. The summed E-state index contributed by atoms with van der Waals surface area (Å²) in [6.07, 6.45) is 2.43. The van der Waals surface area contributed by atoms with Crippen molar-refractivity contribution in [3.05, 3.63) is 30.5 Å². The molecule has 0 spiro atoms. The predicted octanol–water partition coefficient (Wildman–Crippen LogP) is 0.433. The maximum atomic E-state index is 12.5. The molecular weight excluding hydrogens is 312 g/mol. The number of furan rings is 1. The molecule has 0 aromatic carbocycles. The summed E-state index contributed by atoms with van der Waals surface area (Å²) >= 11 is 0. The van der Waals surface area contributed by atoms with E-state index in [1.54, 1.807) is 0 Å². The van der Waals surface area contributed by atoms with Crippen LogP contribution in [0.4, 0.5) is 0 Å². The average molecular weight is 328 g/mol. The van der Waals surface area contributed by atoms with Crippen molar-refractivity contribution in [2.75, 3.05) is 13.1 Å². The summed E-state index contributed by atoms with van der Waals surface area (Å²) in [4.78, 5) is 22.8. The standard InChI is InChI=1S/C13H16N2O6S/c1-2-7-14-12(16)9-4-3-8-15(9)22(19,20)11-6-5-10(21-11)13(17)18/h2,5-6,9H,1,3-4,7-8H2,(H,14,16)(H,17,18). The van der Waals surface area contributed by atoms with E-state index >= 15 is 0 Å². The predicted molar refractivity (Wildman–Crippen MR) is 75.8 cm³/mol. The maximum Gasteiger partial charge on any atom is 0.371 e. The molecule has 0 saturated carbocycles. The highest BCUT2D eigenvalue weighted by molar-refractivity contribution is 7.89. The lowest BCUT2D eigenvalue weighted by Crippen LogP contribution is -2.45. The van der Waals surface area contributed by atoms with Gasteiger partial charge in [-0.2, -0.15) is 4.31 Å². The van der Waals surface area contributed by atoms with Crippen LogP contribution in [-0.4, -0.2) is 48.8 Å². The number of aromatic carboxylic acids is 1. The van der Waals surface area contributed by atoms with E-state index in [1.807, 2.05) is 0 Å². The first kappa shape index (κ1) is 16.2. The molecule has 1 aromatic heterocycles. The zero-order valence-electron chi connectivity index (χ0n) is 11.7. The Morgan fingerprint density at radius 1 is 1.50 bits per heavy atom. The van der Waals surface area contributed by atoms with Crippen LogP contribution in [0, 0.1) is 0 Å². The SMILES string of the molecule is C=CCNC(=O)C1CCCN1S(=O)(=O)c1ccc(C(=O)O)o1.